The molecule has 41 heavy (non-hydrogen) atoms. The molecule has 214 valence electrons. The summed E-state index contributed by atoms with van der Waals surface area (Å²) in [5.41, 5.74) is -1.57. The minimum atomic E-state index is -5.03. The highest BCUT2D eigenvalue weighted by Crippen LogP contribution is 2.42. The zero-order chi connectivity index (χ0) is 30.3. The molecule has 0 aromatic heterocycles. The topological polar surface area (TPSA) is 74.7 Å². The van der Waals surface area contributed by atoms with Gasteiger partial charge >= 0.3 is 18.3 Å². The van der Waals surface area contributed by atoms with Crippen LogP contribution in [-0.4, -0.2) is 39.9 Å². The molecule has 3 aromatic rings. The quantitative estimate of drug-likeness (QED) is 0.185. The molecule has 0 aliphatic carbocycles. The summed E-state index contributed by atoms with van der Waals surface area (Å²) in [6.07, 6.45) is -10.7. The molecule has 0 saturated heterocycles. The fraction of sp³-hybridized carbons (Fsp3) is 0.207. The molecule has 2 atom stereocenters. The lowest BCUT2D eigenvalue weighted by atomic mass is 9.79. The van der Waals surface area contributed by atoms with Crippen LogP contribution in [0.2, 0.25) is 0 Å². The first-order valence-electron chi connectivity index (χ1n) is 12.0. The van der Waals surface area contributed by atoms with Crippen LogP contribution in [0, 0.1) is 5.82 Å². The Balaban J connectivity index is 1.85. The molecule has 1 heterocycles. The van der Waals surface area contributed by atoms with Crippen molar-refractivity contribution in [3.05, 3.63) is 107 Å². The maximum Gasteiger partial charge on any atom is 0.419 e. The number of amides is 1. The maximum atomic E-state index is 14.2. The normalized spacial score (nSPS) is 17.2. The highest BCUT2D eigenvalue weighted by molar-refractivity contribution is 6.09. The first-order valence-corrected chi connectivity index (χ1v) is 12.0. The molecule has 4 rings (SSSR count). The Morgan fingerprint density at radius 3 is 2.22 bits per heavy atom. The first-order chi connectivity index (χ1) is 19.1. The van der Waals surface area contributed by atoms with E-state index in [0.717, 1.165) is 12.1 Å². The van der Waals surface area contributed by atoms with E-state index in [1.54, 1.807) is 12.1 Å². The van der Waals surface area contributed by atoms with E-state index in [0.29, 0.717) is 22.6 Å². The zero-order valence-corrected chi connectivity index (χ0v) is 20.9. The highest BCUT2D eigenvalue weighted by atomic mass is 19.4. The standard InChI is InChI=1S/C29H20F7NO4/c1-2-24(38)18-6-4-3-5-17(18)16-8-9-19-20(12-16)25(27(40)41)23(13-28(31,32)33)37(26(19)39)14-15-7-10-21(22(30)11-15)29(34,35)36/h2-12,23,25H,1,13-14H2,(H,40,41). The largest absolute Gasteiger partial charge is 0.481 e. The molecule has 0 radical (unpaired) electrons. The third-order valence-corrected chi connectivity index (χ3v) is 6.75. The number of hydrogen-bond donors (Lipinski definition) is 1. The van der Waals surface area contributed by atoms with Gasteiger partial charge in [-0.05, 0) is 52.6 Å². The molecular weight excluding hydrogens is 559 g/mol. The molecular formula is C29H20F7NO4. The second-order valence-electron chi connectivity index (χ2n) is 9.36. The van der Waals surface area contributed by atoms with Crippen molar-refractivity contribution in [2.45, 2.75) is 37.3 Å². The van der Waals surface area contributed by atoms with Gasteiger partial charge in [0.1, 0.15) is 11.7 Å². The Bertz CT molecular complexity index is 1540. The predicted octanol–water partition coefficient (Wildman–Crippen LogP) is 7.03. The van der Waals surface area contributed by atoms with Gasteiger partial charge in [0.15, 0.2) is 5.78 Å². The number of rotatable bonds is 7. The number of halogens is 7. The van der Waals surface area contributed by atoms with Crippen LogP contribution in [0.5, 0.6) is 0 Å². The van der Waals surface area contributed by atoms with Gasteiger partial charge in [-0.25, -0.2) is 4.39 Å². The summed E-state index contributed by atoms with van der Waals surface area (Å²) in [5, 5.41) is 10.1. The number of ketones is 1. The summed E-state index contributed by atoms with van der Waals surface area (Å²) >= 11 is 0. The number of benzene rings is 3. The van der Waals surface area contributed by atoms with Crippen LogP contribution < -0.4 is 0 Å². The number of carboxylic acids is 1. The van der Waals surface area contributed by atoms with Crippen LogP contribution in [0.3, 0.4) is 0 Å². The monoisotopic (exact) mass is 579 g/mol. The molecule has 5 nitrogen and oxygen atoms in total. The van der Waals surface area contributed by atoms with Crippen LogP contribution in [0.4, 0.5) is 30.7 Å². The number of nitrogens with zero attached hydrogens (tertiary/aromatic N) is 1. The van der Waals surface area contributed by atoms with Gasteiger partial charge < -0.3 is 10.0 Å². The number of allylic oxidation sites excluding steroid dienone is 1. The SMILES string of the molecule is C=CC(=O)c1ccccc1-c1ccc2c(c1)C(C(=O)O)C(CC(F)(F)F)N(Cc1ccc(C(F)(F)F)c(F)c1)C2=O. The molecule has 1 amide bonds. The van der Waals surface area contributed by atoms with Gasteiger partial charge in [0.05, 0.1) is 18.0 Å². The van der Waals surface area contributed by atoms with Crippen molar-refractivity contribution in [3.8, 4) is 11.1 Å². The van der Waals surface area contributed by atoms with Crippen LogP contribution >= 0.6 is 0 Å². The van der Waals surface area contributed by atoms with Gasteiger partial charge in [-0.2, -0.15) is 26.3 Å². The fourth-order valence-electron chi connectivity index (χ4n) is 4.97. The lowest BCUT2D eigenvalue weighted by molar-refractivity contribution is -0.155. The zero-order valence-electron chi connectivity index (χ0n) is 20.9. The number of aliphatic carboxylic acids is 1. The van der Waals surface area contributed by atoms with Gasteiger partial charge in [-0.15, -0.1) is 0 Å². The van der Waals surface area contributed by atoms with Crippen molar-refractivity contribution in [2.75, 3.05) is 0 Å². The number of hydrogen-bond acceptors (Lipinski definition) is 3. The van der Waals surface area contributed by atoms with Crippen molar-refractivity contribution >= 4 is 17.7 Å². The number of carboxylic acid groups (broad SMARTS) is 1. The lowest BCUT2D eigenvalue weighted by Gasteiger charge is -2.41. The summed E-state index contributed by atoms with van der Waals surface area (Å²) < 4.78 is 94.3. The predicted molar refractivity (Wildman–Crippen MR) is 133 cm³/mol. The fourth-order valence-corrected chi connectivity index (χ4v) is 4.97. The Kier molecular flexibility index (Phi) is 7.79. The van der Waals surface area contributed by atoms with Gasteiger partial charge in [-0.3, -0.25) is 14.4 Å². The van der Waals surface area contributed by atoms with Crippen LogP contribution in [0.1, 0.15) is 49.7 Å². The molecule has 3 aromatic carbocycles. The minimum absolute atomic E-state index is 0.189. The van der Waals surface area contributed by atoms with Gasteiger partial charge in [-0.1, -0.05) is 43.0 Å². The van der Waals surface area contributed by atoms with Crippen molar-refractivity contribution < 1.29 is 50.2 Å². The lowest BCUT2D eigenvalue weighted by Crippen LogP contribution is -2.51. The van der Waals surface area contributed by atoms with Crippen LogP contribution in [0.25, 0.3) is 11.1 Å². The summed E-state index contributed by atoms with van der Waals surface area (Å²) in [6.45, 7) is 2.65. The highest BCUT2D eigenvalue weighted by Gasteiger charge is 2.48. The van der Waals surface area contributed by atoms with Gasteiger partial charge in [0, 0.05) is 17.7 Å². The first kappa shape index (κ1) is 29.5. The van der Waals surface area contributed by atoms with E-state index in [4.69, 9.17) is 0 Å². The average Bonchev–Trinajstić information content (AvgIpc) is 2.88. The Morgan fingerprint density at radius 1 is 0.951 bits per heavy atom. The Hall–Kier alpha value is -4.48. The summed E-state index contributed by atoms with van der Waals surface area (Å²) in [4.78, 5) is 38.9. The molecule has 1 aliphatic heterocycles. The molecule has 0 bridgehead atoms. The molecule has 0 fully saturated rings. The smallest absolute Gasteiger partial charge is 0.419 e. The number of carbonyl (C=O) groups is 3. The second-order valence-corrected chi connectivity index (χ2v) is 9.36. The molecule has 1 N–H and O–H groups in total. The minimum Gasteiger partial charge on any atom is -0.481 e. The third kappa shape index (κ3) is 6.01. The Labute approximate surface area is 228 Å². The van der Waals surface area contributed by atoms with Crippen LogP contribution in [-0.2, 0) is 17.5 Å². The van der Waals surface area contributed by atoms with E-state index in [-0.39, 0.29) is 27.8 Å². The molecule has 0 spiro atoms. The van der Waals surface area contributed by atoms with Gasteiger partial charge in [0.2, 0.25) is 0 Å². The van der Waals surface area contributed by atoms with Crippen molar-refractivity contribution in [2.24, 2.45) is 0 Å². The van der Waals surface area contributed by atoms with E-state index in [2.05, 4.69) is 6.58 Å². The van der Waals surface area contributed by atoms with E-state index in [9.17, 15) is 50.2 Å². The summed E-state index contributed by atoms with van der Waals surface area (Å²) in [7, 11) is 0. The van der Waals surface area contributed by atoms with Crippen molar-refractivity contribution in [1.29, 1.82) is 0 Å². The number of alkyl halides is 6. The molecule has 1 aliphatic rings. The van der Waals surface area contributed by atoms with E-state index in [1.807, 2.05) is 0 Å². The van der Waals surface area contributed by atoms with Gasteiger partial charge in [0.25, 0.3) is 5.91 Å². The van der Waals surface area contributed by atoms with E-state index < -0.39 is 66.3 Å². The molecule has 2 unspecified atom stereocenters. The van der Waals surface area contributed by atoms with E-state index in [1.165, 1.54) is 30.3 Å². The average molecular weight is 579 g/mol. The van der Waals surface area contributed by atoms with Crippen molar-refractivity contribution in [3.63, 3.8) is 0 Å². The maximum absolute atomic E-state index is 14.2. The molecule has 12 heteroatoms. The molecule has 0 saturated carbocycles. The van der Waals surface area contributed by atoms with Crippen molar-refractivity contribution in [1.82, 2.24) is 4.90 Å². The second kappa shape index (κ2) is 10.8. The summed E-state index contributed by atoms with van der Waals surface area (Å²) in [5.74, 6) is -6.78. The number of carbonyl (C=O) groups excluding carboxylic acids is 2. The number of fused-ring (bicyclic) bond motifs is 1. The van der Waals surface area contributed by atoms with Crippen LogP contribution in [0.15, 0.2) is 73.3 Å². The van der Waals surface area contributed by atoms with E-state index >= 15 is 0 Å². The third-order valence-electron chi connectivity index (χ3n) is 6.75. The summed E-state index contributed by atoms with van der Waals surface area (Å²) in [6, 6.07) is 9.66. The Morgan fingerprint density at radius 2 is 1.63 bits per heavy atom.